The van der Waals surface area contributed by atoms with Gasteiger partial charge in [0, 0.05) is 5.56 Å². The fraction of sp³-hybridized carbons (Fsp3) is 0.0833. The molecule has 0 atom stereocenters. The number of benzene rings is 1. The third kappa shape index (κ3) is 2.77. The number of aromatic hydroxyl groups is 1. The number of alkyl halides is 3. The lowest BCUT2D eigenvalue weighted by atomic mass is 10.1. The highest BCUT2D eigenvalue weighted by molar-refractivity contribution is 6.39. The van der Waals surface area contributed by atoms with Crippen LogP contribution >= 0.6 is 23.2 Å². The highest BCUT2D eigenvalue weighted by atomic mass is 35.5. The van der Waals surface area contributed by atoms with E-state index in [-0.39, 0.29) is 21.3 Å². The predicted molar refractivity (Wildman–Crippen MR) is 66.4 cm³/mol. The molecule has 0 spiro atoms. The van der Waals surface area contributed by atoms with Crippen molar-refractivity contribution >= 4 is 23.2 Å². The summed E-state index contributed by atoms with van der Waals surface area (Å²) in [5.74, 6) is -0.945. The first-order valence-electron chi connectivity index (χ1n) is 5.02. The molecule has 0 saturated carbocycles. The molecule has 100 valence electrons. The van der Waals surface area contributed by atoms with E-state index in [1.165, 1.54) is 18.2 Å². The Hall–Kier alpha value is -1.46. The second-order valence-electron chi connectivity index (χ2n) is 3.66. The van der Waals surface area contributed by atoms with Crippen molar-refractivity contribution in [2.75, 3.05) is 0 Å². The molecule has 1 N–H and O–H groups in total. The first-order valence-corrected chi connectivity index (χ1v) is 5.78. The van der Waals surface area contributed by atoms with Gasteiger partial charge in [-0.1, -0.05) is 29.3 Å². The second kappa shape index (κ2) is 4.90. The summed E-state index contributed by atoms with van der Waals surface area (Å²) in [4.78, 5) is 3.39. The Balaban J connectivity index is 2.65. The third-order valence-corrected chi connectivity index (χ3v) is 2.99. The van der Waals surface area contributed by atoms with Crippen LogP contribution in [-0.2, 0) is 6.18 Å². The van der Waals surface area contributed by atoms with E-state index in [2.05, 4.69) is 4.98 Å². The van der Waals surface area contributed by atoms with Crippen LogP contribution in [0.4, 0.5) is 13.2 Å². The highest BCUT2D eigenvalue weighted by Gasteiger charge is 2.36. The van der Waals surface area contributed by atoms with Crippen molar-refractivity contribution in [1.82, 2.24) is 4.98 Å². The Morgan fingerprint density at radius 2 is 1.58 bits per heavy atom. The molecular formula is C12H6Cl2F3NO. The van der Waals surface area contributed by atoms with Crippen LogP contribution < -0.4 is 0 Å². The minimum absolute atomic E-state index is 0.0549. The maximum atomic E-state index is 12.7. The van der Waals surface area contributed by atoms with Gasteiger partial charge in [0.15, 0.2) is 5.69 Å². The molecule has 1 heterocycles. The van der Waals surface area contributed by atoms with E-state index in [1.807, 2.05) is 0 Å². The zero-order valence-electron chi connectivity index (χ0n) is 9.17. The van der Waals surface area contributed by atoms with E-state index in [9.17, 15) is 18.3 Å². The molecule has 0 unspecified atom stereocenters. The van der Waals surface area contributed by atoms with Crippen molar-refractivity contribution in [3.05, 3.63) is 46.1 Å². The second-order valence-corrected chi connectivity index (χ2v) is 4.47. The normalized spacial score (nSPS) is 11.6. The minimum atomic E-state index is -4.76. The van der Waals surface area contributed by atoms with E-state index >= 15 is 0 Å². The number of nitrogens with zero attached hydrogens (tertiary/aromatic N) is 1. The average molecular weight is 308 g/mol. The van der Waals surface area contributed by atoms with Gasteiger partial charge >= 0.3 is 6.18 Å². The lowest BCUT2D eigenvalue weighted by Crippen LogP contribution is -2.09. The molecule has 0 saturated heterocycles. The molecule has 2 rings (SSSR count). The molecule has 0 fully saturated rings. The molecule has 1 aromatic heterocycles. The maximum Gasteiger partial charge on any atom is 0.437 e. The first kappa shape index (κ1) is 14.0. The average Bonchev–Trinajstić information content (AvgIpc) is 2.29. The molecule has 0 bridgehead atoms. The Morgan fingerprint density at radius 1 is 1.00 bits per heavy atom. The number of hydrogen-bond donors (Lipinski definition) is 1. The van der Waals surface area contributed by atoms with Crippen LogP contribution in [0.25, 0.3) is 11.3 Å². The Kier molecular flexibility index (Phi) is 3.60. The van der Waals surface area contributed by atoms with Gasteiger partial charge in [0.25, 0.3) is 0 Å². The maximum absolute atomic E-state index is 12.7. The van der Waals surface area contributed by atoms with Crippen molar-refractivity contribution in [1.29, 1.82) is 0 Å². The lowest BCUT2D eigenvalue weighted by Gasteiger charge is -2.11. The smallest absolute Gasteiger partial charge is 0.437 e. The van der Waals surface area contributed by atoms with Crippen molar-refractivity contribution in [3.63, 3.8) is 0 Å². The first-order chi connectivity index (χ1) is 8.80. The van der Waals surface area contributed by atoms with Gasteiger partial charge in [-0.05, 0) is 24.3 Å². The van der Waals surface area contributed by atoms with Crippen LogP contribution in [0.2, 0.25) is 10.0 Å². The van der Waals surface area contributed by atoms with Gasteiger partial charge in [0.05, 0.1) is 15.7 Å². The largest absolute Gasteiger partial charge is 0.506 e. The topological polar surface area (TPSA) is 33.1 Å². The van der Waals surface area contributed by atoms with Gasteiger partial charge in [-0.25, -0.2) is 4.98 Å². The predicted octanol–water partition coefficient (Wildman–Crippen LogP) is 4.78. The Labute approximate surface area is 116 Å². The summed E-state index contributed by atoms with van der Waals surface area (Å²) in [7, 11) is 0. The lowest BCUT2D eigenvalue weighted by molar-refractivity contribution is -0.142. The van der Waals surface area contributed by atoms with Crippen molar-refractivity contribution in [3.8, 4) is 17.0 Å². The molecule has 0 aliphatic carbocycles. The van der Waals surface area contributed by atoms with Crippen LogP contribution in [0, 0.1) is 0 Å². The fourth-order valence-corrected chi connectivity index (χ4v) is 2.13. The van der Waals surface area contributed by atoms with E-state index in [0.717, 1.165) is 6.07 Å². The number of hydrogen-bond acceptors (Lipinski definition) is 2. The summed E-state index contributed by atoms with van der Waals surface area (Å²) in [6.45, 7) is 0. The van der Waals surface area contributed by atoms with E-state index < -0.39 is 17.6 Å². The van der Waals surface area contributed by atoms with Gasteiger partial charge in [-0.15, -0.1) is 0 Å². The van der Waals surface area contributed by atoms with E-state index in [4.69, 9.17) is 23.2 Å². The number of pyridine rings is 1. The van der Waals surface area contributed by atoms with Gasteiger partial charge < -0.3 is 5.11 Å². The molecule has 2 aromatic rings. The molecule has 0 aliphatic rings. The van der Waals surface area contributed by atoms with Crippen LogP contribution in [0.15, 0.2) is 30.3 Å². The van der Waals surface area contributed by atoms with Crippen molar-refractivity contribution in [2.24, 2.45) is 0 Å². The zero-order valence-corrected chi connectivity index (χ0v) is 10.7. The molecule has 1 aromatic carbocycles. The minimum Gasteiger partial charge on any atom is -0.506 e. The quantitative estimate of drug-likeness (QED) is 0.822. The van der Waals surface area contributed by atoms with Crippen LogP contribution in [0.3, 0.4) is 0 Å². The monoisotopic (exact) mass is 307 g/mol. The van der Waals surface area contributed by atoms with Crippen molar-refractivity contribution < 1.29 is 18.3 Å². The summed E-state index contributed by atoms with van der Waals surface area (Å²) in [5, 5.41) is 9.57. The summed E-state index contributed by atoms with van der Waals surface area (Å²) < 4.78 is 38.0. The van der Waals surface area contributed by atoms with Gasteiger partial charge in [0.1, 0.15) is 5.75 Å². The molecule has 19 heavy (non-hydrogen) atoms. The van der Waals surface area contributed by atoms with Crippen LogP contribution in [0.5, 0.6) is 5.75 Å². The summed E-state index contributed by atoms with van der Waals surface area (Å²) >= 11 is 11.8. The zero-order chi connectivity index (χ0) is 14.2. The molecule has 0 aliphatic heterocycles. The number of aromatic nitrogens is 1. The van der Waals surface area contributed by atoms with Gasteiger partial charge in [-0.2, -0.15) is 13.2 Å². The van der Waals surface area contributed by atoms with Gasteiger partial charge in [-0.3, -0.25) is 0 Å². The summed E-state index contributed by atoms with van der Waals surface area (Å²) in [6.07, 6.45) is -4.76. The van der Waals surface area contributed by atoms with Crippen molar-refractivity contribution in [2.45, 2.75) is 6.18 Å². The third-order valence-electron chi connectivity index (χ3n) is 2.36. The molecule has 0 amide bonds. The highest BCUT2D eigenvalue weighted by Crippen LogP contribution is 2.38. The van der Waals surface area contributed by atoms with Crippen LogP contribution in [0.1, 0.15) is 5.69 Å². The SMILES string of the molecule is Oc1ccc(-c2c(Cl)cccc2Cl)nc1C(F)(F)F. The van der Waals surface area contributed by atoms with Crippen LogP contribution in [-0.4, -0.2) is 10.1 Å². The Bertz CT molecular complexity index is 609. The van der Waals surface area contributed by atoms with E-state index in [1.54, 1.807) is 6.07 Å². The number of rotatable bonds is 1. The number of halogens is 5. The fourth-order valence-electron chi connectivity index (χ4n) is 1.54. The summed E-state index contributed by atoms with van der Waals surface area (Å²) in [5.41, 5.74) is -1.24. The van der Waals surface area contributed by atoms with E-state index in [0.29, 0.717) is 0 Å². The molecular weight excluding hydrogens is 302 g/mol. The molecule has 2 nitrogen and oxygen atoms in total. The van der Waals surface area contributed by atoms with Gasteiger partial charge in [0.2, 0.25) is 0 Å². The molecule has 7 heteroatoms. The summed E-state index contributed by atoms with van der Waals surface area (Å²) in [6, 6.07) is 6.68. The standard InChI is InChI=1S/C12H6Cl2F3NO/c13-6-2-1-3-7(14)10(6)8-4-5-9(19)11(18-8)12(15,16)17/h1-5,19H. The Morgan fingerprint density at radius 3 is 2.11 bits per heavy atom. The molecule has 0 radical (unpaired) electrons.